The summed E-state index contributed by atoms with van der Waals surface area (Å²) in [6, 6.07) is 10.2. The maximum atomic E-state index is 4.56. The third kappa shape index (κ3) is 4.53. The van der Waals surface area contributed by atoms with Gasteiger partial charge >= 0.3 is 0 Å². The van der Waals surface area contributed by atoms with E-state index in [1.54, 1.807) is 0 Å². The van der Waals surface area contributed by atoms with Crippen molar-refractivity contribution in [1.82, 2.24) is 15.3 Å². The summed E-state index contributed by atoms with van der Waals surface area (Å²) in [5.41, 5.74) is 3.34. The summed E-state index contributed by atoms with van der Waals surface area (Å²) in [6.45, 7) is 6.83. The van der Waals surface area contributed by atoms with Gasteiger partial charge in [-0.25, -0.2) is 4.98 Å². The molecule has 2 rings (SSSR count). The highest BCUT2D eigenvalue weighted by molar-refractivity contribution is 5.46. The van der Waals surface area contributed by atoms with Crippen LogP contribution in [0, 0.1) is 6.92 Å². The van der Waals surface area contributed by atoms with E-state index in [0.717, 1.165) is 43.3 Å². The molecule has 2 heterocycles. The summed E-state index contributed by atoms with van der Waals surface area (Å²) < 4.78 is 0. The van der Waals surface area contributed by atoms with Crippen LogP contribution in [0.3, 0.4) is 0 Å². The van der Waals surface area contributed by atoms with Crippen molar-refractivity contribution in [3.63, 3.8) is 0 Å². The second-order valence-electron chi connectivity index (χ2n) is 5.29. The molecule has 0 spiro atoms. The van der Waals surface area contributed by atoms with Gasteiger partial charge in [0.2, 0.25) is 0 Å². The monoisotopic (exact) mass is 284 g/mol. The van der Waals surface area contributed by atoms with Crippen LogP contribution in [-0.2, 0) is 13.1 Å². The predicted octanol–water partition coefficient (Wildman–Crippen LogP) is 2.92. The molecule has 4 nitrogen and oxygen atoms in total. The molecule has 0 aliphatic rings. The van der Waals surface area contributed by atoms with Crippen molar-refractivity contribution >= 4 is 5.82 Å². The molecule has 0 unspecified atom stereocenters. The van der Waals surface area contributed by atoms with Crippen molar-refractivity contribution in [2.45, 2.75) is 33.4 Å². The largest absolute Gasteiger partial charge is 0.354 e. The van der Waals surface area contributed by atoms with Gasteiger partial charge in [-0.2, -0.15) is 0 Å². The van der Waals surface area contributed by atoms with Gasteiger partial charge in [0.25, 0.3) is 0 Å². The molecule has 0 bridgehead atoms. The molecule has 0 saturated carbocycles. The topological polar surface area (TPSA) is 41.1 Å². The van der Waals surface area contributed by atoms with Crippen molar-refractivity contribution < 1.29 is 0 Å². The average Bonchev–Trinajstić information content (AvgIpc) is 2.48. The minimum atomic E-state index is 0.763. The fourth-order valence-corrected chi connectivity index (χ4v) is 2.32. The van der Waals surface area contributed by atoms with Gasteiger partial charge in [-0.15, -0.1) is 0 Å². The zero-order valence-electron chi connectivity index (χ0n) is 13.1. The summed E-state index contributed by atoms with van der Waals surface area (Å²) in [7, 11) is 2.07. The molecular weight excluding hydrogens is 260 g/mol. The maximum absolute atomic E-state index is 4.56. The van der Waals surface area contributed by atoms with Gasteiger partial charge in [0.1, 0.15) is 5.82 Å². The highest BCUT2D eigenvalue weighted by Crippen LogP contribution is 2.17. The highest BCUT2D eigenvalue weighted by atomic mass is 15.2. The number of nitrogens with zero attached hydrogens (tertiary/aromatic N) is 3. The van der Waals surface area contributed by atoms with Crippen LogP contribution in [0.5, 0.6) is 0 Å². The second-order valence-corrected chi connectivity index (χ2v) is 5.29. The molecule has 0 atom stereocenters. The summed E-state index contributed by atoms with van der Waals surface area (Å²) in [4.78, 5) is 11.3. The van der Waals surface area contributed by atoms with Crippen molar-refractivity contribution in [3.8, 4) is 0 Å². The third-order valence-corrected chi connectivity index (χ3v) is 3.32. The van der Waals surface area contributed by atoms with Crippen LogP contribution >= 0.6 is 0 Å². The lowest BCUT2D eigenvalue weighted by atomic mass is 10.2. The van der Waals surface area contributed by atoms with Crippen molar-refractivity contribution in [2.75, 3.05) is 18.5 Å². The van der Waals surface area contributed by atoms with Crippen LogP contribution in [0.4, 0.5) is 5.82 Å². The Hall–Kier alpha value is -1.94. The van der Waals surface area contributed by atoms with Gasteiger partial charge in [0.15, 0.2) is 0 Å². The Morgan fingerprint density at radius 3 is 2.81 bits per heavy atom. The van der Waals surface area contributed by atoms with Crippen LogP contribution in [-0.4, -0.2) is 23.6 Å². The van der Waals surface area contributed by atoms with E-state index >= 15 is 0 Å². The zero-order valence-corrected chi connectivity index (χ0v) is 13.1. The van der Waals surface area contributed by atoms with E-state index in [1.807, 2.05) is 31.3 Å². The summed E-state index contributed by atoms with van der Waals surface area (Å²) in [5, 5.41) is 3.44. The van der Waals surface area contributed by atoms with Crippen molar-refractivity contribution in [1.29, 1.82) is 0 Å². The first-order valence-electron chi connectivity index (χ1n) is 7.49. The van der Waals surface area contributed by atoms with E-state index in [4.69, 9.17) is 0 Å². The van der Waals surface area contributed by atoms with Gasteiger partial charge in [0.05, 0.1) is 12.2 Å². The fraction of sp³-hybridized carbons (Fsp3) is 0.412. The van der Waals surface area contributed by atoms with Crippen LogP contribution in [0.1, 0.15) is 30.3 Å². The zero-order chi connectivity index (χ0) is 15.1. The van der Waals surface area contributed by atoms with E-state index < -0.39 is 0 Å². The molecule has 1 N–H and O–H groups in total. The highest BCUT2D eigenvalue weighted by Gasteiger charge is 2.09. The summed E-state index contributed by atoms with van der Waals surface area (Å²) in [5.74, 6) is 1.02. The molecule has 2 aromatic rings. The molecule has 0 fully saturated rings. The number of nitrogens with one attached hydrogen (secondary N) is 1. The van der Waals surface area contributed by atoms with Gasteiger partial charge in [-0.3, -0.25) is 4.98 Å². The predicted molar refractivity (Wildman–Crippen MR) is 87.3 cm³/mol. The molecule has 0 saturated heterocycles. The number of aromatic nitrogens is 2. The quantitative estimate of drug-likeness (QED) is 0.794. The van der Waals surface area contributed by atoms with E-state index in [-0.39, 0.29) is 0 Å². The minimum absolute atomic E-state index is 0.763. The number of aryl methyl sites for hydroxylation is 1. The van der Waals surface area contributed by atoms with E-state index in [2.05, 4.69) is 46.3 Å². The molecular formula is C17H24N4. The van der Waals surface area contributed by atoms with Crippen LogP contribution in [0.25, 0.3) is 0 Å². The Morgan fingerprint density at radius 2 is 2.05 bits per heavy atom. The molecule has 0 amide bonds. The van der Waals surface area contributed by atoms with Gasteiger partial charge < -0.3 is 10.2 Å². The van der Waals surface area contributed by atoms with Crippen LogP contribution < -0.4 is 10.2 Å². The van der Waals surface area contributed by atoms with Crippen molar-refractivity contribution in [3.05, 3.63) is 53.5 Å². The molecule has 0 aliphatic heterocycles. The fourth-order valence-electron chi connectivity index (χ4n) is 2.32. The lowest BCUT2D eigenvalue weighted by Gasteiger charge is -2.21. The minimum Gasteiger partial charge on any atom is -0.354 e. The summed E-state index contributed by atoms with van der Waals surface area (Å²) in [6.07, 6.45) is 2.98. The molecule has 0 aromatic carbocycles. The molecule has 0 radical (unpaired) electrons. The number of hydrogen-bond acceptors (Lipinski definition) is 4. The third-order valence-electron chi connectivity index (χ3n) is 3.32. The Morgan fingerprint density at radius 1 is 1.19 bits per heavy atom. The van der Waals surface area contributed by atoms with Crippen LogP contribution in [0.2, 0.25) is 0 Å². The Balaban J connectivity index is 2.09. The average molecular weight is 284 g/mol. The van der Waals surface area contributed by atoms with Crippen LogP contribution in [0.15, 0.2) is 36.5 Å². The van der Waals surface area contributed by atoms with E-state index in [0.29, 0.717) is 0 Å². The molecule has 112 valence electrons. The first-order valence-corrected chi connectivity index (χ1v) is 7.49. The Labute approximate surface area is 127 Å². The standard InChI is InChI=1S/C17H24N4/c1-4-10-18-12-15-8-6-11-19-17(15)21(3)13-16-9-5-7-14(2)20-16/h5-9,11,18H,4,10,12-13H2,1-3H3. The lowest BCUT2D eigenvalue weighted by Crippen LogP contribution is -2.22. The number of hydrogen-bond donors (Lipinski definition) is 1. The molecule has 4 heteroatoms. The SMILES string of the molecule is CCCNCc1cccnc1N(C)Cc1cccc(C)n1. The Kier molecular flexibility index (Phi) is 5.69. The number of anilines is 1. The lowest BCUT2D eigenvalue weighted by molar-refractivity contribution is 0.671. The first kappa shape index (κ1) is 15.4. The maximum Gasteiger partial charge on any atom is 0.133 e. The first-order chi connectivity index (χ1) is 10.2. The van der Waals surface area contributed by atoms with Gasteiger partial charge in [-0.05, 0) is 38.1 Å². The van der Waals surface area contributed by atoms with Gasteiger partial charge in [-0.1, -0.05) is 19.1 Å². The van der Waals surface area contributed by atoms with Crippen molar-refractivity contribution in [2.24, 2.45) is 0 Å². The number of pyridine rings is 2. The molecule has 2 aromatic heterocycles. The normalized spacial score (nSPS) is 10.6. The smallest absolute Gasteiger partial charge is 0.133 e. The Bertz CT molecular complexity index is 568. The molecule has 0 aliphatic carbocycles. The number of rotatable bonds is 7. The molecule has 21 heavy (non-hydrogen) atoms. The second kappa shape index (κ2) is 7.74. The van der Waals surface area contributed by atoms with Gasteiger partial charge in [0, 0.05) is 31.0 Å². The van der Waals surface area contributed by atoms with E-state index in [9.17, 15) is 0 Å². The summed E-state index contributed by atoms with van der Waals surface area (Å²) >= 11 is 0. The van der Waals surface area contributed by atoms with E-state index in [1.165, 1.54) is 5.56 Å².